The molecule has 3 amide bonds. The number of rotatable bonds is 5. The molecule has 0 unspecified atom stereocenters. The Bertz CT molecular complexity index is 858. The monoisotopic (exact) mass is 409 g/mol. The lowest BCUT2D eigenvalue weighted by Crippen LogP contribution is -2.49. The van der Waals surface area contributed by atoms with Crippen LogP contribution in [0.4, 0.5) is 5.69 Å². The summed E-state index contributed by atoms with van der Waals surface area (Å²) in [6.45, 7) is 3.03. The second-order valence-corrected chi connectivity index (χ2v) is 8.64. The summed E-state index contributed by atoms with van der Waals surface area (Å²) < 4.78 is 5.20. The van der Waals surface area contributed by atoms with E-state index in [0.717, 1.165) is 30.9 Å². The van der Waals surface area contributed by atoms with Crippen molar-refractivity contribution < 1.29 is 19.1 Å². The molecule has 1 aromatic carbocycles. The third-order valence-corrected chi connectivity index (χ3v) is 7.18. The first-order valence-electron chi connectivity index (χ1n) is 10.8. The molecule has 0 radical (unpaired) electrons. The number of piperazine rings is 1. The summed E-state index contributed by atoms with van der Waals surface area (Å²) in [5, 5.41) is 0. The summed E-state index contributed by atoms with van der Waals surface area (Å²) in [6, 6.07) is 7.93. The van der Waals surface area contributed by atoms with Crippen LogP contribution in [0.15, 0.2) is 36.4 Å². The second kappa shape index (κ2) is 7.45. The Balaban J connectivity index is 1.13. The van der Waals surface area contributed by atoms with Gasteiger partial charge in [-0.15, -0.1) is 0 Å². The van der Waals surface area contributed by atoms with Crippen LogP contribution in [0.25, 0.3) is 0 Å². The molecule has 158 valence electrons. The molecule has 2 saturated heterocycles. The number of hydrogen-bond acceptors (Lipinski definition) is 5. The Labute approximate surface area is 176 Å². The SMILES string of the molecule is COc1ccc(N2CCN(C(=O)CCN3C(=O)[C@H]4[C@H](C3=O)[C@H]3C=C[C@H]4C3)CC2)cc1. The van der Waals surface area contributed by atoms with Gasteiger partial charge in [-0.05, 0) is 42.5 Å². The Kier molecular flexibility index (Phi) is 4.76. The van der Waals surface area contributed by atoms with Gasteiger partial charge in [0.05, 0.1) is 18.9 Å². The molecule has 5 rings (SSSR count). The van der Waals surface area contributed by atoms with Gasteiger partial charge in [0.15, 0.2) is 0 Å². The van der Waals surface area contributed by atoms with Crippen molar-refractivity contribution in [3.63, 3.8) is 0 Å². The largest absolute Gasteiger partial charge is 0.497 e. The Morgan fingerprint density at radius 2 is 1.57 bits per heavy atom. The number of amides is 3. The number of carbonyl (C=O) groups is 3. The fourth-order valence-electron chi connectivity index (χ4n) is 5.56. The van der Waals surface area contributed by atoms with Crippen molar-refractivity contribution in [3.05, 3.63) is 36.4 Å². The number of nitrogens with zero attached hydrogens (tertiary/aromatic N) is 3. The average Bonchev–Trinajstić information content (AvgIpc) is 3.46. The van der Waals surface area contributed by atoms with E-state index in [4.69, 9.17) is 4.74 Å². The van der Waals surface area contributed by atoms with E-state index in [-0.39, 0.29) is 54.4 Å². The standard InChI is InChI=1S/C23H27N3O4/c1-30-18-6-4-17(5-7-18)24-10-12-25(13-11-24)19(27)8-9-26-22(28)20-15-2-3-16(14-15)21(20)23(26)29/h2-7,15-16,20-21H,8-14H2,1H3/t15-,16-,20+,21+/m0/s1. The van der Waals surface area contributed by atoms with E-state index in [0.29, 0.717) is 13.1 Å². The highest BCUT2D eigenvalue weighted by atomic mass is 16.5. The van der Waals surface area contributed by atoms with Crippen molar-refractivity contribution in [1.29, 1.82) is 0 Å². The lowest BCUT2D eigenvalue weighted by atomic mass is 9.85. The van der Waals surface area contributed by atoms with Crippen LogP contribution in [0.5, 0.6) is 5.75 Å². The summed E-state index contributed by atoms with van der Waals surface area (Å²) >= 11 is 0. The molecule has 0 spiro atoms. The number of imide groups is 1. The molecule has 7 heteroatoms. The molecule has 1 aromatic rings. The second-order valence-electron chi connectivity index (χ2n) is 8.64. The number of ether oxygens (including phenoxy) is 1. The summed E-state index contributed by atoms with van der Waals surface area (Å²) in [4.78, 5) is 43.7. The quantitative estimate of drug-likeness (QED) is 0.545. The summed E-state index contributed by atoms with van der Waals surface area (Å²) in [7, 11) is 1.65. The molecule has 2 aliphatic carbocycles. The van der Waals surface area contributed by atoms with Crippen molar-refractivity contribution in [2.45, 2.75) is 12.8 Å². The molecule has 7 nitrogen and oxygen atoms in total. The van der Waals surface area contributed by atoms with Crippen LogP contribution in [0.3, 0.4) is 0 Å². The van der Waals surface area contributed by atoms with Crippen LogP contribution in [0.2, 0.25) is 0 Å². The smallest absolute Gasteiger partial charge is 0.233 e. The first-order chi connectivity index (χ1) is 14.6. The number of fused-ring (bicyclic) bond motifs is 5. The van der Waals surface area contributed by atoms with Gasteiger partial charge in [0.1, 0.15) is 5.75 Å². The first kappa shape index (κ1) is 19.2. The number of likely N-dealkylation sites (tertiary alicyclic amines) is 1. The molecule has 2 heterocycles. The van der Waals surface area contributed by atoms with Crippen LogP contribution >= 0.6 is 0 Å². The van der Waals surface area contributed by atoms with E-state index in [1.165, 1.54) is 4.90 Å². The topological polar surface area (TPSA) is 70.2 Å². The van der Waals surface area contributed by atoms with Gasteiger partial charge >= 0.3 is 0 Å². The van der Waals surface area contributed by atoms with Gasteiger partial charge in [0.25, 0.3) is 0 Å². The third-order valence-electron chi connectivity index (χ3n) is 7.18. The molecule has 30 heavy (non-hydrogen) atoms. The van der Waals surface area contributed by atoms with Crippen molar-refractivity contribution in [2.75, 3.05) is 44.7 Å². The molecule has 0 N–H and O–H groups in total. The molecule has 3 fully saturated rings. The normalized spacial score (nSPS) is 29.7. The predicted octanol–water partition coefficient (Wildman–Crippen LogP) is 1.54. The zero-order chi connectivity index (χ0) is 20.8. The van der Waals surface area contributed by atoms with Gasteiger partial charge < -0.3 is 14.5 Å². The maximum Gasteiger partial charge on any atom is 0.233 e. The number of allylic oxidation sites excluding steroid dienone is 2. The number of hydrogen-bond donors (Lipinski definition) is 0. The molecule has 2 aliphatic heterocycles. The number of methoxy groups -OCH3 is 1. The molecule has 1 saturated carbocycles. The third kappa shape index (κ3) is 3.07. The Morgan fingerprint density at radius 3 is 2.13 bits per heavy atom. The zero-order valence-electron chi connectivity index (χ0n) is 17.2. The Hall–Kier alpha value is -2.83. The lowest BCUT2D eigenvalue weighted by Gasteiger charge is -2.36. The van der Waals surface area contributed by atoms with Crippen molar-refractivity contribution in [3.8, 4) is 5.75 Å². The summed E-state index contributed by atoms with van der Waals surface area (Å²) in [5.74, 6) is 0.755. The van der Waals surface area contributed by atoms with Crippen LogP contribution in [-0.2, 0) is 14.4 Å². The van der Waals surface area contributed by atoms with Crippen molar-refractivity contribution in [2.24, 2.45) is 23.7 Å². The number of benzene rings is 1. The maximum absolute atomic E-state index is 12.8. The van der Waals surface area contributed by atoms with E-state index < -0.39 is 0 Å². The van der Waals surface area contributed by atoms with Gasteiger partial charge in [0, 0.05) is 44.8 Å². The van der Waals surface area contributed by atoms with E-state index in [9.17, 15) is 14.4 Å². The van der Waals surface area contributed by atoms with Gasteiger partial charge in [-0.1, -0.05) is 12.2 Å². The van der Waals surface area contributed by atoms with Crippen LogP contribution in [0, 0.1) is 23.7 Å². The first-order valence-corrected chi connectivity index (χ1v) is 10.8. The van der Waals surface area contributed by atoms with Crippen LogP contribution < -0.4 is 9.64 Å². The highest BCUT2D eigenvalue weighted by Gasteiger charge is 2.59. The minimum atomic E-state index is -0.185. The zero-order valence-corrected chi connectivity index (χ0v) is 17.2. The summed E-state index contributed by atoms with van der Waals surface area (Å²) in [6.07, 6.45) is 5.32. The van der Waals surface area contributed by atoms with E-state index >= 15 is 0 Å². The molecular formula is C23H27N3O4. The summed E-state index contributed by atoms with van der Waals surface area (Å²) in [5.41, 5.74) is 1.12. The van der Waals surface area contributed by atoms with E-state index in [1.807, 2.05) is 29.2 Å². The average molecular weight is 409 g/mol. The van der Waals surface area contributed by atoms with Gasteiger partial charge in [-0.25, -0.2) is 0 Å². The van der Waals surface area contributed by atoms with Gasteiger partial charge in [-0.2, -0.15) is 0 Å². The minimum absolute atomic E-state index is 0.0168. The lowest BCUT2D eigenvalue weighted by molar-refractivity contribution is -0.141. The molecule has 0 aromatic heterocycles. The number of carbonyl (C=O) groups excluding carboxylic acids is 3. The molecule has 4 atom stereocenters. The fourth-order valence-corrected chi connectivity index (χ4v) is 5.56. The maximum atomic E-state index is 12.8. The number of anilines is 1. The molecule has 2 bridgehead atoms. The minimum Gasteiger partial charge on any atom is -0.497 e. The highest BCUT2D eigenvalue weighted by Crippen LogP contribution is 2.52. The molecular weight excluding hydrogens is 382 g/mol. The van der Waals surface area contributed by atoms with E-state index in [1.54, 1.807) is 7.11 Å². The van der Waals surface area contributed by atoms with Crippen molar-refractivity contribution in [1.82, 2.24) is 9.80 Å². The molecule has 4 aliphatic rings. The highest BCUT2D eigenvalue weighted by molar-refractivity contribution is 6.06. The van der Waals surface area contributed by atoms with Crippen LogP contribution in [0.1, 0.15) is 12.8 Å². The Morgan fingerprint density at radius 1 is 0.967 bits per heavy atom. The van der Waals surface area contributed by atoms with Crippen molar-refractivity contribution >= 4 is 23.4 Å². The predicted molar refractivity (Wildman–Crippen MR) is 111 cm³/mol. The van der Waals surface area contributed by atoms with Gasteiger partial charge in [-0.3, -0.25) is 19.3 Å². The fraction of sp³-hybridized carbons (Fsp3) is 0.522. The van der Waals surface area contributed by atoms with E-state index in [2.05, 4.69) is 17.1 Å². The van der Waals surface area contributed by atoms with Crippen LogP contribution in [-0.4, -0.2) is 67.4 Å². The van der Waals surface area contributed by atoms with Gasteiger partial charge in [0.2, 0.25) is 17.7 Å².